The van der Waals surface area contributed by atoms with Gasteiger partial charge in [0.15, 0.2) is 0 Å². The second-order valence-corrected chi connectivity index (χ2v) is 8.36. The molecule has 0 aliphatic carbocycles. The number of rotatable bonds is 8. The van der Waals surface area contributed by atoms with Gasteiger partial charge in [-0.2, -0.15) is 0 Å². The van der Waals surface area contributed by atoms with Gasteiger partial charge in [-0.05, 0) is 64.6 Å². The van der Waals surface area contributed by atoms with E-state index in [1.165, 1.54) is 12.1 Å². The Labute approximate surface area is 189 Å². The number of nitrogens with one attached hydrogen (secondary N) is 1. The third-order valence-corrected chi connectivity index (χ3v) is 6.16. The number of hydrogen-bond donors (Lipinski definition) is 1. The SMILES string of the molecule is C=CCN1C(=O)NC(c2ccc(F)cc2)C(C(=O)OCC)=C1CN(C)C1CCN(C)CC1. The molecule has 1 aromatic rings. The molecule has 3 rings (SSSR count). The maximum Gasteiger partial charge on any atom is 0.338 e. The van der Waals surface area contributed by atoms with Crippen molar-refractivity contribution in [1.29, 1.82) is 0 Å². The van der Waals surface area contributed by atoms with Crippen LogP contribution < -0.4 is 5.32 Å². The van der Waals surface area contributed by atoms with Gasteiger partial charge in [-0.1, -0.05) is 18.2 Å². The van der Waals surface area contributed by atoms with Gasteiger partial charge in [0.1, 0.15) is 5.82 Å². The standard InChI is InChI=1S/C24H33FN4O3/c1-5-13-29-20(16-28(4)19-11-14-27(3)15-12-19)21(23(30)32-6-2)22(26-24(29)31)17-7-9-18(25)10-8-17/h5,7-10,19,22H,1,6,11-16H2,2-4H3,(H,26,31). The van der Waals surface area contributed by atoms with Crippen LogP contribution in [0.4, 0.5) is 9.18 Å². The molecular formula is C24H33FN4O3. The molecule has 0 bridgehead atoms. The normalized spacial score (nSPS) is 20.5. The van der Waals surface area contributed by atoms with Gasteiger partial charge in [-0.15, -0.1) is 6.58 Å². The first-order chi connectivity index (χ1) is 15.3. The number of benzene rings is 1. The first kappa shape index (κ1) is 23.9. The van der Waals surface area contributed by atoms with Gasteiger partial charge in [0.05, 0.1) is 18.2 Å². The van der Waals surface area contributed by atoms with Crippen molar-refractivity contribution in [2.45, 2.75) is 31.8 Å². The lowest BCUT2D eigenvalue weighted by Crippen LogP contribution is -2.52. The minimum absolute atomic E-state index is 0.214. The summed E-state index contributed by atoms with van der Waals surface area (Å²) in [4.78, 5) is 32.2. The number of carbonyl (C=O) groups excluding carboxylic acids is 2. The van der Waals surface area contributed by atoms with E-state index in [1.54, 1.807) is 30.0 Å². The summed E-state index contributed by atoms with van der Waals surface area (Å²) < 4.78 is 18.9. The third kappa shape index (κ3) is 5.37. The summed E-state index contributed by atoms with van der Waals surface area (Å²) >= 11 is 0. The van der Waals surface area contributed by atoms with Gasteiger partial charge in [0.2, 0.25) is 0 Å². The lowest BCUT2D eigenvalue weighted by atomic mass is 9.93. The summed E-state index contributed by atoms with van der Waals surface area (Å²) in [5.74, 6) is -0.865. The Balaban J connectivity index is 2.04. The van der Waals surface area contributed by atoms with E-state index < -0.39 is 12.0 Å². The van der Waals surface area contributed by atoms with Crippen LogP contribution in [-0.2, 0) is 9.53 Å². The number of hydrogen-bond acceptors (Lipinski definition) is 5. The Morgan fingerprint density at radius 2 is 1.97 bits per heavy atom. The molecule has 0 spiro atoms. The average molecular weight is 445 g/mol. The molecule has 1 saturated heterocycles. The number of urea groups is 1. The lowest BCUT2D eigenvalue weighted by molar-refractivity contribution is -0.139. The number of amides is 2. The monoisotopic (exact) mass is 444 g/mol. The van der Waals surface area contributed by atoms with Crippen molar-refractivity contribution in [3.05, 3.63) is 59.6 Å². The number of esters is 1. The van der Waals surface area contributed by atoms with Crippen LogP contribution in [0.1, 0.15) is 31.4 Å². The van der Waals surface area contributed by atoms with E-state index >= 15 is 0 Å². The quantitative estimate of drug-likeness (QED) is 0.493. The predicted molar refractivity (Wildman–Crippen MR) is 121 cm³/mol. The van der Waals surface area contributed by atoms with Gasteiger partial charge in [0, 0.05) is 24.8 Å². The first-order valence-corrected chi connectivity index (χ1v) is 11.1. The van der Waals surface area contributed by atoms with E-state index in [0.29, 0.717) is 29.4 Å². The summed E-state index contributed by atoms with van der Waals surface area (Å²) in [5.41, 5.74) is 1.60. The summed E-state index contributed by atoms with van der Waals surface area (Å²) in [5, 5.41) is 2.90. The topological polar surface area (TPSA) is 65.1 Å². The molecule has 1 N–H and O–H groups in total. The van der Waals surface area contributed by atoms with Gasteiger partial charge in [-0.3, -0.25) is 9.80 Å². The lowest BCUT2D eigenvalue weighted by Gasteiger charge is -2.40. The Morgan fingerprint density at radius 1 is 1.31 bits per heavy atom. The molecule has 174 valence electrons. The highest BCUT2D eigenvalue weighted by Crippen LogP contribution is 2.32. The molecule has 7 nitrogen and oxygen atoms in total. The molecule has 1 atom stereocenters. The van der Waals surface area contributed by atoms with Crippen molar-refractivity contribution in [3.8, 4) is 0 Å². The Bertz CT molecular complexity index is 863. The molecule has 2 aliphatic rings. The van der Waals surface area contributed by atoms with Crippen molar-refractivity contribution >= 4 is 12.0 Å². The predicted octanol–water partition coefficient (Wildman–Crippen LogP) is 2.92. The molecule has 2 aliphatic heterocycles. The minimum atomic E-state index is -0.718. The van der Waals surface area contributed by atoms with Gasteiger partial charge in [-0.25, -0.2) is 14.0 Å². The fourth-order valence-electron chi connectivity index (χ4n) is 4.35. The van der Waals surface area contributed by atoms with Crippen molar-refractivity contribution in [2.24, 2.45) is 0 Å². The molecular weight excluding hydrogens is 411 g/mol. The summed E-state index contributed by atoms with van der Waals surface area (Å²) in [6, 6.07) is 5.13. The zero-order valence-electron chi connectivity index (χ0n) is 19.1. The molecule has 0 radical (unpaired) electrons. The number of likely N-dealkylation sites (N-methyl/N-ethyl adjacent to an activating group) is 1. The van der Waals surface area contributed by atoms with Gasteiger partial charge < -0.3 is 15.0 Å². The maximum absolute atomic E-state index is 13.5. The number of piperidine rings is 1. The van der Waals surface area contributed by atoms with E-state index in [-0.39, 0.29) is 25.0 Å². The Hall–Kier alpha value is -2.71. The molecule has 2 heterocycles. The molecule has 0 aromatic heterocycles. The largest absolute Gasteiger partial charge is 0.463 e. The summed E-state index contributed by atoms with van der Waals surface area (Å²) in [7, 11) is 4.14. The fraction of sp³-hybridized carbons (Fsp3) is 0.500. The first-order valence-electron chi connectivity index (χ1n) is 11.1. The number of halogens is 1. The molecule has 1 aromatic carbocycles. The highest BCUT2D eigenvalue weighted by Gasteiger charge is 2.38. The number of ether oxygens (including phenoxy) is 1. The van der Waals surface area contributed by atoms with E-state index in [9.17, 15) is 14.0 Å². The van der Waals surface area contributed by atoms with Crippen LogP contribution >= 0.6 is 0 Å². The van der Waals surface area contributed by atoms with E-state index in [2.05, 4.69) is 28.7 Å². The van der Waals surface area contributed by atoms with E-state index in [4.69, 9.17) is 4.74 Å². The van der Waals surface area contributed by atoms with Crippen molar-refractivity contribution in [3.63, 3.8) is 0 Å². The minimum Gasteiger partial charge on any atom is -0.463 e. The van der Waals surface area contributed by atoms with E-state index in [1.807, 2.05) is 7.05 Å². The van der Waals surface area contributed by atoms with Crippen LogP contribution in [-0.4, -0.2) is 79.6 Å². The summed E-state index contributed by atoms with van der Waals surface area (Å²) in [6.45, 7) is 8.43. The second-order valence-electron chi connectivity index (χ2n) is 8.36. The van der Waals surface area contributed by atoms with Crippen molar-refractivity contribution in [2.75, 3.05) is 46.9 Å². The van der Waals surface area contributed by atoms with Crippen LogP contribution in [0.25, 0.3) is 0 Å². The second kappa shape index (κ2) is 10.7. The number of carbonyl (C=O) groups is 2. The zero-order valence-corrected chi connectivity index (χ0v) is 19.1. The van der Waals surface area contributed by atoms with Crippen LogP contribution in [0.3, 0.4) is 0 Å². The van der Waals surface area contributed by atoms with Crippen LogP contribution in [0.15, 0.2) is 48.2 Å². The molecule has 1 unspecified atom stereocenters. The smallest absolute Gasteiger partial charge is 0.338 e. The van der Waals surface area contributed by atoms with Crippen molar-refractivity contribution < 1.29 is 18.7 Å². The number of likely N-dealkylation sites (tertiary alicyclic amines) is 1. The number of nitrogens with zero attached hydrogens (tertiary/aromatic N) is 3. The zero-order chi connectivity index (χ0) is 23.3. The highest BCUT2D eigenvalue weighted by molar-refractivity contribution is 5.95. The molecule has 0 saturated carbocycles. The van der Waals surface area contributed by atoms with E-state index in [0.717, 1.165) is 25.9 Å². The fourth-order valence-corrected chi connectivity index (χ4v) is 4.35. The molecule has 32 heavy (non-hydrogen) atoms. The van der Waals surface area contributed by atoms with Gasteiger partial charge in [0.25, 0.3) is 0 Å². The van der Waals surface area contributed by atoms with Crippen molar-refractivity contribution in [1.82, 2.24) is 20.0 Å². The third-order valence-electron chi connectivity index (χ3n) is 6.16. The summed E-state index contributed by atoms with van der Waals surface area (Å²) in [6.07, 6.45) is 3.67. The molecule has 2 amide bonds. The molecule has 8 heteroatoms. The average Bonchev–Trinajstić information content (AvgIpc) is 2.77. The Morgan fingerprint density at radius 3 is 2.56 bits per heavy atom. The maximum atomic E-state index is 13.5. The Kier molecular flexibility index (Phi) is 8.04. The van der Waals surface area contributed by atoms with Crippen LogP contribution in [0, 0.1) is 5.82 Å². The van der Waals surface area contributed by atoms with Crippen LogP contribution in [0.5, 0.6) is 0 Å². The van der Waals surface area contributed by atoms with Crippen LogP contribution in [0.2, 0.25) is 0 Å². The van der Waals surface area contributed by atoms with Gasteiger partial charge >= 0.3 is 12.0 Å². The molecule has 1 fully saturated rings. The highest BCUT2D eigenvalue weighted by atomic mass is 19.1.